The monoisotopic (exact) mass is 801 g/mol. The van der Waals surface area contributed by atoms with E-state index in [0.717, 1.165) is 6.92 Å². The third kappa shape index (κ3) is 7.38. The molecule has 11 atom stereocenters. The highest BCUT2D eigenvalue weighted by atomic mass is 16.6. The lowest BCUT2D eigenvalue weighted by atomic mass is 9.44. The van der Waals surface area contributed by atoms with Gasteiger partial charge in [-0.1, -0.05) is 59.7 Å². The van der Waals surface area contributed by atoms with Gasteiger partial charge in [-0.25, -0.2) is 14.4 Å². The van der Waals surface area contributed by atoms with Gasteiger partial charge in [-0.2, -0.15) is 0 Å². The van der Waals surface area contributed by atoms with Crippen LogP contribution in [0.15, 0.2) is 41.5 Å². The molecule has 15 heteroatoms. The number of aliphatic hydroxyl groups excluding tert-OH is 3. The number of rotatable bonds is 9. The van der Waals surface area contributed by atoms with E-state index >= 15 is 0 Å². The van der Waals surface area contributed by atoms with Crippen LogP contribution in [0, 0.1) is 22.2 Å². The molecule has 2 bridgehead atoms. The van der Waals surface area contributed by atoms with Crippen LogP contribution < -0.4 is 5.32 Å². The fourth-order valence-electron chi connectivity index (χ4n) is 9.37. The minimum Gasteiger partial charge on any atom is -0.456 e. The molecule has 1 saturated heterocycles. The Hall–Kier alpha value is -3.89. The number of hydrogen-bond donors (Lipinski definition) is 5. The molecular formula is C42H59NO14. The SMILES string of the molecule is CCC(C)(C)OC(=O)N[C@H]([C@@H](O)C(=O)O[C@H]1C[C@@]2(O)[C@@H](OC(=O)c3ccccc3)[C@@H]3[C@]4(OC(C)=O)CO[C@@H]4C[C@H](O)[C@@]3(C)C(=O)[C@H](O)C(=C1C)C2(C)C)C(C)(C)C. The summed E-state index contributed by atoms with van der Waals surface area (Å²) < 4.78 is 29.6. The van der Waals surface area contributed by atoms with Crippen LogP contribution in [-0.2, 0) is 38.1 Å². The Morgan fingerprint density at radius 3 is 2.16 bits per heavy atom. The molecule has 316 valence electrons. The van der Waals surface area contributed by atoms with Gasteiger partial charge in [0.15, 0.2) is 17.5 Å². The lowest BCUT2D eigenvalue weighted by Crippen LogP contribution is -2.81. The van der Waals surface area contributed by atoms with Gasteiger partial charge in [0.05, 0.1) is 35.6 Å². The van der Waals surface area contributed by atoms with Gasteiger partial charge in [0, 0.05) is 25.2 Å². The first-order valence-corrected chi connectivity index (χ1v) is 19.5. The molecule has 5 N–H and O–H groups in total. The predicted octanol–water partition coefficient (Wildman–Crippen LogP) is 3.32. The van der Waals surface area contributed by atoms with E-state index in [4.69, 9.17) is 23.7 Å². The number of esters is 3. The summed E-state index contributed by atoms with van der Waals surface area (Å²) in [5.41, 5.74) is -9.23. The smallest absolute Gasteiger partial charge is 0.408 e. The zero-order valence-electron chi connectivity index (χ0n) is 34.7. The molecule has 15 nitrogen and oxygen atoms in total. The number of nitrogens with one attached hydrogen (secondary N) is 1. The number of ether oxygens (including phenoxy) is 5. The van der Waals surface area contributed by atoms with E-state index in [1.165, 1.54) is 26.0 Å². The summed E-state index contributed by atoms with van der Waals surface area (Å²) in [6, 6.07) is 6.64. The molecule has 4 aliphatic rings. The number of Topliss-reactive ketones (excluding diaryl/α,β-unsaturated/α-hetero) is 1. The maximum atomic E-state index is 14.9. The normalized spacial score (nSPS) is 34.5. The second-order valence-corrected chi connectivity index (χ2v) is 18.5. The number of hydrogen-bond acceptors (Lipinski definition) is 14. The van der Waals surface area contributed by atoms with Crippen LogP contribution in [-0.4, -0.2) is 116 Å². The van der Waals surface area contributed by atoms with Crippen molar-refractivity contribution in [3.63, 3.8) is 0 Å². The highest BCUT2D eigenvalue weighted by molar-refractivity contribution is 5.94. The number of fused-ring (bicyclic) bond motifs is 5. The number of amides is 1. The van der Waals surface area contributed by atoms with Gasteiger partial charge >= 0.3 is 24.0 Å². The second-order valence-electron chi connectivity index (χ2n) is 18.5. The van der Waals surface area contributed by atoms with Crippen molar-refractivity contribution in [2.24, 2.45) is 22.2 Å². The Bertz CT molecular complexity index is 1800. The fraction of sp³-hybridized carbons (Fsp3) is 0.690. The number of ketones is 1. The number of carbonyl (C=O) groups is 5. The first kappa shape index (κ1) is 44.2. The predicted molar refractivity (Wildman–Crippen MR) is 202 cm³/mol. The first-order chi connectivity index (χ1) is 26.2. The molecule has 1 heterocycles. The quantitative estimate of drug-likeness (QED) is 0.137. The average Bonchev–Trinajstić information content (AvgIpc) is 3.11. The van der Waals surface area contributed by atoms with Crippen molar-refractivity contribution < 1.29 is 68.1 Å². The van der Waals surface area contributed by atoms with Crippen molar-refractivity contribution >= 4 is 29.8 Å². The van der Waals surface area contributed by atoms with Gasteiger partial charge in [-0.15, -0.1) is 0 Å². The lowest BCUT2D eigenvalue weighted by Gasteiger charge is -2.67. The highest BCUT2D eigenvalue weighted by Crippen LogP contribution is 2.64. The first-order valence-electron chi connectivity index (χ1n) is 19.5. The summed E-state index contributed by atoms with van der Waals surface area (Å²) >= 11 is 0. The Morgan fingerprint density at radius 2 is 1.63 bits per heavy atom. The van der Waals surface area contributed by atoms with E-state index in [0.29, 0.717) is 6.42 Å². The molecule has 0 radical (unpaired) electrons. The summed E-state index contributed by atoms with van der Waals surface area (Å²) in [7, 11) is 0. The van der Waals surface area contributed by atoms with E-state index in [2.05, 4.69) is 5.32 Å². The zero-order valence-corrected chi connectivity index (χ0v) is 34.7. The maximum Gasteiger partial charge on any atom is 0.408 e. The summed E-state index contributed by atoms with van der Waals surface area (Å²) in [6.07, 6.45) is -10.8. The standard InChI is InChI=1S/C42H59NO14/c1-12-38(7,8)57-36(51)43-31(37(4,5)6)29(47)35(50)54-24-19-42(52)33(55-34(49)23-16-14-13-15-17-23)30-40(11,32(48)28(46)27(21(24)2)39(42,9)10)25(45)18-26-41(30,20-53-26)56-22(3)44/h13-17,24-26,28-31,33,45-47,52H,12,18-20H2,1-11H3,(H,43,51)/t24-,25-,26+,28+,29+,30-,31+,33-,40+,41-,42+/m0/s1. The summed E-state index contributed by atoms with van der Waals surface area (Å²) in [4.78, 5) is 68.8. The van der Waals surface area contributed by atoms with Crippen LogP contribution in [0.2, 0.25) is 0 Å². The number of alkyl carbamates (subject to hydrolysis) is 1. The highest BCUT2D eigenvalue weighted by Gasteiger charge is 2.78. The van der Waals surface area contributed by atoms with Crippen molar-refractivity contribution in [1.82, 2.24) is 5.32 Å². The van der Waals surface area contributed by atoms with Crippen LogP contribution in [0.1, 0.15) is 106 Å². The summed E-state index contributed by atoms with van der Waals surface area (Å²) in [6.45, 7) is 17.2. The molecule has 0 aromatic heterocycles. The maximum absolute atomic E-state index is 14.9. The number of carbonyl (C=O) groups excluding carboxylic acids is 5. The molecule has 2 saturated carbocycles. The van der Waals surface area contributed by atoms with E-state index in [1.54, 1.807) is 66.7 Å². The average molecular weight is 802 g/mol. The third-order valence-electron chi connectivity index (χ3n) is 13.2. The van der Waals surface area contributed by atoms with Gasteiger partial charge in [0.25, 0.3) is 0 Å². The van der Waals surface area contributed by atoms with Crippen molar-refractivity contribution in [2.75, 3.05) is 6.61 Å². The van der Waals surface area contributed by atoms with E-state index < -0.39 is 118 Å². The molecule has 1 aliphatic heterocycles. The Labute approximate surface area is 333 Å². The topological polar surface area (TPSA) is 224 Å². The van der Waals surface area contributed by atoms with Crippen LogP contribution >= 0.6 is 0 Å². The molecule has 57 heavy (non-hydrogen) atoms. The van der Waals surface area contributed by atoms with Gasteiger partial charge < -0.3 is 49.4 Å². The zero-order chi connectivity index (χ0) is 42.8. The van der Waals surface area contributed by atoms with Crippen molar-refractivity contribution in [3.8, 4) is 0 Å². The Kier molecular flexibility index (Phi) is 11.7. The summed E-state index contributed by atoms with van der Waals surface area (Å²) in [5.74, 6) is -5.29. The van der Waals surface area contributed by atoms with Crippen LogP contribution in [0.4, 0.5) is 4.79 Å². The molecule has 0 unspecified atom stereocenters. The molecular weight excluding hydrogens is 742 g/mol. The van der Waals surface area contributed by atoms with Gasteiger partial charge in [0.1, 0.15) is 35.6 Å². The van der Waals surface area contributed by atoms with Crippen LogP contribution in [0.25, 0.3) is 0 Å². The van der Waals surface area contributed by atoms with Gasteiger partial charge in [-0.3, -0.25) is 9.59 Å². The third-order valence-corrected chi connectivity index (χ3v) is 13.2. The van der Waals surface area contributed by atoms with Gasteiger partial charge in [0.2, 0.25) is 0 Å². The molecule has 0 spiro atoms. The van der Waals surface area contributed by atoms with Crippen LogP contribution in [0.3, 0.4) is 0 Å². The van der Waals surface area contributed by atoms with E-state index in [1.807, 2.05) is 6.92 Å². The minimum atomic E-state index is -2.34. The number of benzene rings is 1. The van der Waals surface area contributed by atoms with Crippen molar-refractivity contribution in [3.05, 3.63) is 47.0 Å². The largest absolute Gasteiger partial charge is 0.456 e. The molecule has 3 aliphatic carbocycles. The second kappa shape index (κ2) is 15.0. The number of aliphatic hydroxyl groups is 4. The molecule has 5 rings (SSSR count). The van der Waals surface area contributed by atoms with Crippen molar-refractivity contribution in [2.45, 2.75) is 155 Å². The summed E-state index contributed by atoms with van der Waals surface area (Å²) in [5, 5.41) is 51.5. The molecule has 1 aromatic rings. The van der Waals surface area contributed by atoms with Crippen molar-refractivity contribution in [1.29, 1.82) is 0 Å². The molecule has 1 aromatic carbocycles. The Balaban J connectivity index is 1.66. The fourth-order valence-corrected chi connectivity index (χ4v) is 9.37. The van der Waals surface area contributed by atoms with Gasteiger partial charge in [-0.05, 0) is 62.8 Å². The lowest BCUT2D eigenvalue weighted by molar-refractivity contribution is -0.346. The minimum absolute atomic E-state index is 0.0504. The molecule has 1 amide bonds. The van der Waals surface area contributed by atoms with Crippen LogP contribution in [0.5, 0.6) is 0 Å². The molecule has 3 fully saturated rings. The Morgan fingerprint density at radius 1 is 1.02 bits per heavy atom. The van der Waals surface area contributed by atoms with E-state index in [9.17, 15) is 44.4 Å². The van der Waals surface area contributed by atoms with E-state index in [-0.39, 0.29) is 29.7 Å².